The van der Waals surface area contributed by atoms with Crippen molar-refractivity contribution >= 4 is 5.91 Å². The minimum absolute atomic E-state index is 0.0106. The summed E-state index contributed by atoms with van der Waals surface area (Å²) in [5.41, 5.74) is 1.23. The Bertz CT molecular complexity index is 772. The van der Waals surface area contributed by atoms with Crippen molar-refractivity contribution < 1.29 is 18.3 Å². The van der Waals surface area contributed by atoms with E-state index in [1.165, 1.54) is 12.1 Å². The first kappa shape index (κ1) is 15.3. The van der Waals surface area contributed by atoms with Crippen molar-refractivity contribution in [3.63, 3.8) is 0 Å². The van der Waals surface area contributed by atoms with Gasteiger partial charge in [0.05, 0.1) is 30.6 Å². The van der Waals surface area contributed by atoms with Crippen LogP contribution in [0.4, 0.5) is 8.78 Å². The van der Waals surface area contributed by atoms with E-state index < -0.39 is 12.5 Å². The molecule has 2 aliphatic heterocycles. The molecule has 4 heterocycles. The van der Waals surface area contributed by atoms with Gasteiger partial charge in [-0.15, -0.1) is 5.10 Å². The molecule has 0 radical (unpaired) electrons. The maximum absolute atomic E-state index is 13.2. The minimum Gasteiger partial charge on any atom is -0.370 e. The van der Waals surface area contributed by atoms with Crippen molar-refractivity contribution in [3.05, 3.63) is 35.4 Å². The lowest BCUT2D eigenvalue weighted by Gasteiger charge is -2.41. The number of hydrogen-bond acceptors (Lipinski definition) is 4. The van der Waals surface area contributed by atoms with Crippen LogP contribution in [0, 0.1) is 6.92 Å². The summed E-state index contributed by atoms with van der Waals surface area (Å²) < 4.78 is 34.8. The number of nitrogens with zero attached hydrogens (tertiary/aromatic N) is 5. The number of aromatic nitrogens is 4. The van der Waals surface area contributed by atoms with Gasteiger partial charge in [0.15, 0.2) is 0 Å². The lowest BCUT2D eigenvalue weighted by Crippen LogP contribution is -2.50. The smallest absolute Gasteiger partial charge is 0.319 e. The highest BCUT2D eigenvalue weighted by molar-refractivity contribution is 5.93. The van der Waals surface area contributed by atoms with Gasteiger partial charge in [-0.25, -0.2) is 4.68 Å². The first-order valence-corrected chi connectivity index (χ1v) is 7.82. The standard InChI is InChI=1S/C15H17F2N5O2/c1-9-2-3-11(21(9)15(16)17)14(23)20-5-4-13-12(7-20)22-10(8-24-13)6-18-19-22/h2-3,6,12-13,15H,4-5,7-8H2,1H3/t12-,13-/m0/s1. The molecule has 0 spiro atoms. The molecule has 0 unspecified atom stereocenters. The summed E-state index contributed by atoms with van der Waals surface area (Å²) in [5, 5.41) is 7.97. The molecule has 1 amide bonds. The first-order valence-electron chi connectivity index (χ1n) is 7.82. The number of rotatable bonds is 2. The van der Waals surface area contributed by atoms with Gasteiger partial charge in [0.25, 0.3) is 5.91 Å². The number of alkyl halides is 2. The number of carbonyl (C=O) groups excluding carboxylic acids is 1. The van der Waals surface area contributed by atoms with Crippen LogP contribution in [0.25, 0.3) is 0 Å². The van der Waals surface area contributed by atoms with Gasteiger partial charge in [-0.1, -0.05) is 5.21 Å². The maximum Gasteiger partial charge on any atom is 0.319 e. The summed E-state index contributed by atoms with van der Waals surface area (Å²) in [7, 11) is 0. The van der Waals surface area contributed by atoms with Crippen LogP contribution >= 0.6 is 0 Å². The molecule has 2 aromatic rings. The Labute approximate surface area is 136 Å². The van der Waals surface area contributed by atoms with Crippen LogP contribution in [-0.2, 0) is 11.3 Å². The summed E-state index contributed by atoms with van der Waals surface area (Å²) in [4.78, 5) is 14.3. The van der Waals surface area contributed by atoms with Crippen LogP contribution in [-0.4, -0.2) is 49.6 Å². The van der Waals surface area contributed by atoms with Crippen molar-refractivity contribution in [3.8, 4) is 0 Å². The number of likely N-dealkylation sites (tertiary alicyclic amines) is 1. The molecule has 24 heavy (non-hydrogen) atoms. The number of piperidine rings is 1. The van der Waals surface area contributed by atoms with E-state index >= 15 is 0 Å². The van der Waals surface area contributed by atoms with Gasteiger partial charge in [-0.05, 0) is 25.5 Å². The summed E-state index contributed by atoms with van der Waals surface area (Å²) >= 11 is 0. The quantitative estimate of drug-likeness (QED) is 0.838. The molecule has 0 saturated carbocycles. The molecule has 0 aliphatic carbocycles. The van der Waals surface area contributed by atoms with Gasteiger partial charge in [0, 0.05) is 18.8 Å². The average molecular weight is 337 g/mol. The van der Waals surface area contributed by atoms with Crippen molar-refractivity contribution in [1.82, 2.24) is 24.5 Å². The van der Waals surface area contributed by atoms with E-state index in [9.17, 15) is 13.6 Å². The monoisotopic (exact) mass is 337 g/mol. The maximum atomic E-state index is 13.2. The van der Waals surface area contributed by atoms with Gasteiger partial charge in [-0.2, -0.15) is 8.78 Å². The van der Waals surface area contributed by atoms with Gasteiger partial charge in [0.1, 0.15) is 5.69 Å². The normalized spacial score (nSPS) is 23.2. The SMILES string of the molecule is Cc1ccc(C(=O)N2CC[C@@H]3OCc4cnnn4[C@H]3C2)n1C(F)F. The largest absolute Gasteiger partial charge is 0.370 e. The van der Waals surface area contributed by atoms with Crippen LogP contribution in [0.3, 0.4) is 0 Å². The number of halogens is 2. The second kappa shape index (κ2) is 5.66. The molecule has 2 atom stereocenters. The Hall–Kier alpha value is -2.29. The van der Waals surface area contributed by atoms with Crippen LogP contribution in [0.2, 0.25) is 0 Å². The average Bonchev–Trinajstić information content (AvgIpc) is 3.19. The third-order valence-electron chi connectivity index (χ3n) is 4.75. The van der Waals surface area contributed by atoms with Crippen LogP contribution in [0.5, 0.6) is 0 Å². The molecule has 0 bridgehead atoms. The lowest BCUT2D eigenvalue weighted by atomic mass is 10.00. The Morgan fingerprint density at radius 2 is 2.25 bits per heavy atom. The Balaban J connectivity index is 1.60. The molecular formula is C15H17F2N5O2. The van der Waals surface area contributed by atoms with Crippen molar-refractivity contribution in [2.24, 2.45) is 0 Å². The summed E-state index contributed by atoms with van der Waals surface area (Å²) in [6, 6.07) is 2.85. The zero-order valence-electron chi connectivity index (χ0n) is 13.1. The summed E-state index contributed by atoms with van der Waals surface area (Å²) in [6.45, 7) is 0.114. The van der Waals surface area contributed by atoms with E-state index in [0.717, 1.165) is 10.3 Å². The number of carbonyl (C=O) groups is 1. The van der Waals surface area contributed by atoms with Gasteiger partial charge >= 0.3 is 6.55 Å². The first-order chi connectivity index (χ1) is 11.6. The van der Waals surface area contributed by atoms with E-state index in [1.54, 1.807) is 22.7 Å². The fourth-order valence-corrected chi connectivity index (χ4v) is 3.51. The van der Waals surface area contributed by atoms with E-state index in [4.69, 9.17) is 4.74 Å². The zero-order chi connectivity index (χ0) is 16.8. The third-order valence-corrected chi connectivity index (χ3v) is 4.75. The van der Waals surface area contributed by atoms with E-state index in [1.807, 2.05) is 0 Å². The van der Waals surface area contributed by atoms with Crippen LogP contribution in [0.1, 0.15) is 40.9 Å². The Morgan fingerprint density at radius 3 is 3.04 bits per heavy atom. The van der Waals surface area contributed by atoms with Crippen molar-refractivity contribution in [1.29, 1.82) is 0 Å². The number of hydrogen-bond donors (Lipinski definition) is 0. The predicted octanol–water partition coefficient (Wildman–Crippen LogP) is 1.77. The zero-order valence-corrected chi connectivity index (χ0v) is 13.1. The molecule has 2 aliphatic rings. The number of fused-ring (bicyclic) bond motifs is 3. The summed E-state index contributed by atoms with van der Waals surface area (Å²) in [5.74, 6) is -0.394. The highest BCUT2D eigenvalue weighted by Gasteiger charge is 2.38. The second-order valence-corrected chi connectivity index (χ2v) is 6.13. The summed E-state index contributed by atoms with van der Waals surface area (Å²) in [6.07, 6.45) is 2.25. The molecule has 4 rings (SSSR count). The lowest BCUT2D eigenvalue weighted by molar-refractivity contribution is -0.0608. The highest BCUT2D eigenvalue weighted by atomic mass is 19.3. The Kier molecular flexibility index (Phi) is 3.60. The van der Waals surface area contributed by atoms with Gasteiger partial charge in [0.2, 0.25) is 0 Å². The number of aryl methyl sites for hydroxylation is 1. The molecule has 7 nitrogen and oxygen atoms in total. The van der Waals surface area contributed by atoms with Crippen molar-refractivity contribution in [2.75, 3.05) is 13.1 Å². The van der Waals surface area contributed by atoms with E-state index in [0.29, 0.717) is 31.8 Å². The predicted molar refractivity (Wildman–Crippen MR) is 78.6 cm³/mol. The molecule has 9 heteroatoms. The van der Waals surface area contributed by atoms with Gasteiger partial charge < -0.3 is 9.64 Å². The molecule has 1 fully saturated rings. The molecule has 1 saturated heterocycles. The second-order valence-electron chi connectivity index (χ2n) is 6.13. The van der Waals surface area contributed by atoms with Gasteiger partial charge in [-0.3, -0.25) is 9.36 Å². The van der Waals surface area contributed by atoms with Crippen LogP contribution < -0.4 is 0 Å². The highest BCUT2D eigenvalue weighted by Crippen LogP contribution is 2.31. The molecule has 0 N–H and O–H groups in total. The van der Waals surface area contributed by atoms with Crippen molar-refractivity contribution in [2.45, 2.75) is 38.6 Å². The fourth-order valence-electron chi connectivity index (χ4n) is 3.51. The van der Waals surface area contributed by atoms with Crippen LogP contribution in [0.15, 0.2) is 18.3 Å². The topological polar surface area (TPSA) is 65.2 Å². The molecule has 2 aromatic heterocycles. The Morgan fingerprint density at radius 1 is 1.42 bits per heavy atom. The number of ether oxygens (including phenoxy) is 1. The fraction of sp³-hybridized carbons (Fsp3) is 0.533. The minimum atomic E-state index is -2.74. The van der Waals surface area contributed by atoms with E-state index in [-0.39, 0.29) is 17.8 Å². The molecule has 0 aromatic carbocycles. The molecule has 128 valence electrons. The van der Waals surface area contributed by atoms with E-state index in [2.05, 4.69) is 10.3 Å². The third kappa shape index (κ3) is 2.31. The number of amides is 1. The molecular weight excluding hydrogens is 320 g/mol.